The van der Waals surface area contributed by atoms with Crippen LogP contribution in [0.1, 0.15) is 44.9 Å². The highest BCUT2D eigenvalue weighted by Gasteiger charge is 2.28. The van der Waals surface area contributed by atoms with E-state index in [0.717, 1.165) is 45.2 Å². The van der Waals surface area contributed by atoms with Gasteiger partial charge in [0.1, 0.15) is 0 Å². The van der Waals surface area contributed by atoms with Crippen molar-refractivity contribution >= 4 is 28.2 Å². The van der Waals surface area contributed by atoms with E-state index in [0.29, 0.717) is 12.5 Å². The van der Waals surface area contributed by atoms with E-state index in [1.807, 2.05) is 0 Å². The Labute approximate surface area is 134 Å². The molecule has 1 aliphatic heterocycles. The van der Waals surface area contributed by atoms with Crippen LogP contribution >= 0.6 is 12.4 Å². The van der Waals surface area contributed by atoms with Crippen molar-refractivity contribution in [2.45, 2.75) is 50.2 Å². The van der Waals surface area contributed by atoms with Crippen molar-refractivity contribution in [2.24, 2.45) is 5.92 Å². The average Bonchev–Trinajstić information content (AvgIpc) is 3.09. The summed E-state index contributed by atoms with van der Waals surface area (Å²) in [6.07, 6.45) is 5.83. The molecule has 124 valence electrons. The van der Waals surface area contributed by atoms with E-state index in [4.69, 9.17) is 0 Å². The molecule has 1 aliphatic carbocycles. The highest BCUT2D eigenvalue weighted by molar-refractivity contribution is 7.92. The molecule has 1 saturated carbocycles. The molecule has 2 fully saturated rings. The van der Waals surface area contributed by atoms with Gasteiger partial charge in [0.05, 0.1) is 11.0 Å². The van der Waals surface area contributed by atoms with Gasteiger partial charge in [-0.05, 0) is 44.7 Å². The Kier molecular flexibility index (Phi) is 7.98. The number of sulfone groups is 1. The minimum absolute atomic E-state index is 0. The largest absolute Gasteiger partial charge is 0.356 e. The minimum Gasteiger partial charge on any atom is -0.356 e. The van der Waals surface area contributed by atoms with Crippen molar-refractivity contribution < 1.29 is 13.2 Å². The van der Waals surface area contributed by atoms with Crippen LogP contribution in [-0.4, -0.2) is 45.0 Å². The van der Waals surface area contributed by atoms with Gasteiger partial charge in [0, 0.05) is 13.0 Å². The van der Waals surface area contributed by atoms with Gasteiger partial charge in [-0.2, -0.15) is 0 Å². The molecule has 0 radical (unpaired) electrons. The number of hydrogen-bond donors (Lipinski definition) is 2. The van der Waals surface area contributed by atoms with Crippen LogP contribution in [0.25, 0.3) is 0 Å². The zero-order chi connectivity index (χ0) is 14.4. The molecule has 0 bridgehead atoms. The summed E-state index contributed by atoms with van der Waals surface area (Å²) in [6, 6.07) is 0. The topological polar surface area (TPSA) is 75.3 Å². The third kappa shape index (κ3) is 6.12. The first-order chi connectivity index (χ1) is 9.58. The lowest BCUT2D eigenvalue weighted by Crippen LogP contribution is -2.30. The summed E-state index contributed by atoms with van der Waals surface area (Å²) in [5.74, 6) is 0.532. The van der Waals surface area contributed by atoms with E-state index in [1.54, 1.807) is 0 Å². The summed E-state index contributed by atoms with van der Waals surface area (Å²) in [4.78, 5) is 11.7. The average molecular weight is 339 g/mol. The molecule has 7 heteroatoms. The fourth-order valence-electron chi connectivity index (χ4n) is 3.11. The predicted octanol–water partition coefficient (Wildman–Crippen LogP) is 1.27. The fourth-order valence-corrected chi connectivity index (χ4v) is 4.97. The van der Waals surface area contributed by atoms with Gasteiger partial charge in [-0.25, -0.2) is 8.42 Å². The number of rotatable bonds is 7. The molecule has 1 saturated heterocycles. The maximum atomic E-state index is 12.0. The summed E-state index contributed by atoms with van der Waals surface area (Å²) in [5, 5.41) is 5.94. The number of nitrogens with one attached hydrogen (secondary N) is 2. The van der Waals surface area contributed by atoms with Gasteiger partial charge in [-0.3, -0.25) is 4.79 Å². The summed E-state index contributed by atoms with van der Waals surface area (Å²) in [5.41, 5.74) is 0. The van der Waals surface area contributed by atoms with Crippen molar-refractivity contribution in [2.75, 3.05) is 25.4 Å². The summed E-state index contributed by atoms with van der Waals surface area (Å²) in [6.45, 7) is 2.76. The lowest BCUT2D eigenvalue weighted by molar-refractivity contribution is -0.120. The van der Waals surface area contributed by atoms with E-state index in [9.17, 15) is 13.2 Å². The van der Waals surface area contributed by atoms with Crippen LogP contribution in [-0.2, 0) is 14.6 Å². The molecular weight excluding hydrogens is 312 g/mol. The Morgan fingerprint density at radius 1 is 1.19 bits per heavy atom. The van der Waals surface area contributed by atoms with Gasteiger partial charge in [0.25, 0.3) is 0 Å². The van der Waals surface area contributed by atoms with Gasteiger partial charge in [-0.15, -0.1) is 12.4 Å². The maximum Gasteiger partial charge on any atom is 0.221 e. The zero-order valence-corrected chi connectivity index (χ0v) is 14.1. The first kappa shape index (κ1) is 18.7. The Balaban J connectivity index is 0.00000220. The van der Waals surface area contributed by atoms with Crippen molar-refractivity contribution in [1.29, 1.82) is 0 Å². The third-order valence-electron chi connectivity index (χ3n) is 4.46. The van der Waals surface area contributed by atoms with Gasteiger partial charge >= 0.3 is 0 Å². The van der Waals surface area contributed by atoms with E-state index >= 15 is 0 Å². The van der Waals surface area contributed by atoms with E-state index in [-0.39, 0.29) is 35.7 Å². The Hall–Kier alpha value is -0.330. The van der Waals surface area contributed by atoms with Gasteiger partial charge < -0.3 is 10.6 Å². The fraction of sp³-hybridized carbons (Fsp3) is 0.929. The van der Waals surface area contributed by atoms with E-state index < -0.39 is 9.84 Å². The Morgan fingerprint density at radius 2 is 1.90 bits per heavy atom. The monoisotopic (exact) mass is 338 g/mol. The first-order valence-corrected chi connectivity index (χ1v) is 9.48. The number of amides is 1. The number of hydrogen-bond acceptors (Lipinski definition) is 4. The molecule has 1 amide bonds. The molecular formula is C14H27ClN2O3S. The molecule has 0 aromatic heterocycles. The maximum absolute atomic E-state index is 12.0. The lowest BCUT2D eigenvalue weighted by atomic mass is 10.1. The molecule has 2 rings (SSSR count). The minimum atomic E-state index is -3.07. The zero-order valence-electron chi connectivity index (χ0n) is 12.5. The SMILES string of the molecule is Cl.O=C(CCS(=O)(=O)C1CCCC1)NCCC1CCNC1. The molecule has 1 heterocycles. The van der Waals surface area contributed by atoms with Gasteiger partial charge in [0.2, 0.25) is 5.91 Å². The number of halogens is 1. The van der Waals surface area contributed by atoms with Gasteiger partial charge in [-0.1, -0.05) is 12.8 Å². The second-order valence-electron chi connectivity index (χ2n) is 6.02. The second-order valence-corrected chi connectivity index (χ2v) is 8.42. The van der Waals surface area contributed by atoms with Gasteiger partial charge in [0.15, 0.2) is 9.84 Å². The number of carbonyl (C=O) groups excluding carboxylic acids is 1. The Morgan fingerprint density at radius 3 is 2.52 bits per heavy atom. The Bertz CT molecular complexity index is 416. The molecule has 0 spiro atoms. The van der Waals surface area contributed by atoms with Crippen molar-refractivity contribution in [3.63, 3.8) is 0 Å². The molecule has 2 aliphatic rings. The molecule has 1 unspecified atom stereocenters. The molecule has 0 aromatic carbocycles. The normalized spacial score (nSPS) is 23.0. The molecule has 2 N–H and O–H groups in total. The third-order valence-corrected chi connectivity index (χ3v) is 6.72. The first-order valence-electron chi connectivity index (χ1n) is 7.77. The van der Waals surface area contributed by atoms with Crippen LogP contribution < -0.4 is 10.6 Å². The molecule has 1 atom stereocenters. The summed E-state index contributed by atoms with van der Waals surface area (Å²) < 4.78 is 24.1. The summed E-state index contributed by atoms with van der Waals surface area (Å²) >= 11 is 0. The van der Waals surface area contributed by atoms with Crippen molar-refractivity contribution in [3.05, 3.63) is 0 Å². The van der Waals surface area contributed by atoms with Crippen LogP contribution in [0.4, 0.5) is 0 Å². The molecule has 5 nitrogen and oxygen atoms in total. The van der Waals surface area contributed by atoms with Crippen molar-refractivity contribution in [3.8, 4) is 0 Å². The van der Waals surface area contributed by atoms with E-state index in [2.05, 4.69) is 10.6 Å². The molecule has 21 heavy (non-hydrogen) atoms. The summed E-state index contributed by atoms with van der Waals surface area (Å²) in [7, 11) is -3.07. The van der Waals surface area contributed by atoms with Crippen LogP contribution in [0, 0.1) is 5.92 Å². The second kappa shape index (κ2) is 8.96. The predicted molar refractivity (Wildman–Crippen MR) is 86.5 cm³/mol. The standard InChI is InChI=1S/C14H26N2O3S.ClH/c17-14(16-9-6-12-5-8-15-11-12)7-10-20(18,19)13-3-1-2-4-13;/h12-13,15H,1-11H2,(H,16,17);1H. The lowest BCUT2D eigenvalue weighted by Gasteiger charge is -2.12. The molecule has 0 aromatic rings. The van der Waals surface area contributed by atoms with Crippen LogP contribution in [0.5, 0.6) is 0 Å². The van der Waals surface area contributed by atoms with E-state index in [1.165, 1.54) is 6.42 Å². The smallest absolute Gasteiger partial charge is 0.221 e. The highest BCUT2D eigenvalue weighted by Crippen LogP contribution is 2.25. The van der Waals surface area contributed by atoms with Crippen LogP contribution in [0.3, 0.4) is 0 Å². The number of carbonyl (C=O) groups is 1. The van der Waals surface area contributed by atoms with Crippen LogP contribution in [0.2, 0.25) is 0 Å². The van der Waals surface area contributed by atoms with Crippen molar-refractivity contribution in [1.82, 2.24) is 10.6 Å². The highest BCUT2D eigenvalue weighted by atomic mass is 35.5. The quantitative estimate of drug-likeness (QED) is 0.733. The van der Waals surface area contributed by atoms with Crippen LogP contribution in [0.15, 0.2) is 0 Å².